The zero-order chi connectivity index (χ0) is 21.0. The van der Waals surface area contributed by atoms with E-state index in [0.29, 0.717) is 24.7 Å². The highest BCUT2D eigenvalue weighted by Gasteiger charge is 2.57. The van der Waals surface area contributed by atoms with Crippen LogP contribution in [-0.2, 0) is 4.79 Å². The molecule has 2 bridgehead atoms. The molecule has 4 nitrogen and oxygen atoms in total. The van der Waals surface area contributed by atoms with E-state index in [1.165, 1.54) is 11.1 Å². The number of allylic oxidation sites excluding steroid dienone is 3. The van der Waals surface area contributed by atoms with Gasteiger partial charge in [-0.15, -0.1) is 0 Å². The third-order valence-electron chi connectivity index (χ3n) is 8.38. The molecule has 4 rings (SSSR count). The number of ketones is 1. The summed E-state index contributed by atoms with van der Waals surface area (Å²) in [4.78, 5) is 13.0. The first-order valence-corrected chi connectivity index (χ1v) is 11.3. The van der Waals surface area contributed by atoms with Gasteiger partial charge in [0.25, 0.3) is 0 Å². The van der Waals surface area contributed by atoms with Gasteiger partial charge in [-0.2, -0.15) is 0 Å². The van der Waals surface area contributed by atoms with Gasteiger partial charge in [0.2, 0.25) is 0 Å². The van der Waals surface area contributed by atoms with E-state index in [1.54, 1.807) is 19.1 Å². The fourth-order valence-corrected chi connectivity index (χ4v) is 6.95. The van der Waals surface area contributed by atoms with E-state index in [2.05, 4.69) is 13.0 Å². The van der Waals surface area contributed by atoms with Crippen LogP contribution in [0.25, 0.3) is 0 Å². The summed E-state index contributed by atoms with van der Waals surface area (Å²) in [5.74, 6) is 0.838. The lowest BCUT2D eigenvalue weighted by Gasteiger charge is -2.49. The highest BCUT2D eigenvalue weighted by molar-refractivity contribution is 5.93. The maximum Gasteiger partial charge on any atom is 0.159 e. The number of carbonyl (C=O) groups excluding carboxylic acids is 1. The zero-order valence-corrected chi connectivity index (χ0v) is 18.0. The molecule has 2 fully saturated rings. The molecule has 8 atom stereocenters. The lowest BCUT2D eigenvalue weighted by atomic mass is 9.57. The molecular weight excluding hydrogens is 364 g/mol. The number of aliphatic hydroxyl groups excluding tert-OH is 2. The monoisotopic (exact) mass is 400 g/mol. The van der Waals surface area contributed by atoms with Gasteiger partial charge >= 0.3 is 0 Å². The van der Waals surface area contributed by atoms with Gasteiger partial charge in [0.15, 0.2) is 5.78 Å². The van der Waals surface area contributed by atoms with Gasteiger partial charge in [0, 0.05) is 11.8 Å². The summed E-state index contributed by atoms with van der Waals surface area (Å²) < 4.78 is 0. The van der Waals surface area contributed by atoms with Gasteiger partial charge in [0.05, 0.1) is 17.8 Å². The largest absolute Gasteiger partial charge is 0.393 e. The van der Waals surface area contributed by atoms with Crippen LogP contribution in [0.5, 0.6) is 0 Å². The smallest absolute Gasteiger partial charge is 0.159 e. The van der Waals surface area contributed by atoms with Crippen molar-refractivity contribution in [2.75, 3.05) is 0 Å². The minimum atomic E-state index is -0.973. The maximum absolute atomic E-state index is 13.0. The molecule has 0 spiro atoms. The lowest BCUT2D eigenvalue weighted by molar-refractivity contribution is -0.119. The SMILES string of the molecule is C[C@@H](O)/C=C/[C@](C)(O)[C@H]1CC[C@H]2C3=CC(=O)[C@H]4CC(=CC[C@H](O)C4)[C@H]3CC[C@@]21C. The Morgan fingerprint density at radius 1 is 1.31 bits per heavy atom. The number of hydrogen-bond acceptors (Lipinski definition) is 4. The highest BCUT2D eigenvalue weighted by Crippen LogP contribution is 2.63. The number of carbonyl (C=O) groups is 1. The summed E-state index contributed by atoms with van der Waals surface area (Å²) in [6.07, 6.45) is 12.6. The number of rotatable bonds is 3. The first-order chi connectivity index (χ1) is 13.6. The minimum absolute atomic E-state index is 0.0519. The van der Waals surface area contributed by atoms with Gasteiger partial charge in [-0.05, 0) is 82.1 Å². The Morgan fingerprint density at radius 3 is 2.79 bits per heavy atom. The fourth-order valence-electron chi connectivity index (χ4n) is 6.95. The van der Waals surface area contributed by atoms with E-state index < -0.39 is 17.8 Å². The maximum atomic E-state index is 13.0. The molecule has 160 valence electrons. The van der Waals surface area contributed by atoms with Crippen LogP contribution in [0.2, 0.25) is 0 Å². The van der Waals surface area contributed by atoms with E-state index in [9.17, 15) is 20.1 Å². The van der Waals surface area contributed by atoms with Crippen LogP contribution in [0.4, 0.5) is 0 Å². The number of hydrogen-bond donors (Lipinski definition) is 3. The molecule has 0 aromatic rings. The van der Waals surface area contributed by atoms with Crippen molar-refractivity contribution in [2.24, 2.45) is 29.1 Å². The van der Waals surface area contributed by atoms with Gasteiger partial charge < -0.3 is 15.3 Å². The third-order valence-corrected chi connectivity index (χ3v) is 8.38. The normalized spacial score (nSPS) is 42.8. The van der Waals surface area contributed by atoms with Crippen LogP contribution in [0, 0.1) is 29.1 Å². The summed E-state index contributed by atoms with van der Waals surface area (Å²) >= 11 is 0. The molecule has 0 saturated heterocycles. The van der Waals surface area contributed by atoms with E-state index in [-0.39, 0.29) is 23.0 Å². The van der Waals surface area contributed by atoms with Crippen molar-refractivity contribution in [2.45, 2.75) is 83.5 Å². The van der Waals surface area contributed by atoms with Crippen molar-refractivity contribution in [1.29, 1.82) is 0 Å². The quantitative estimate of drug-likeness (QED) is 0.631. The Morgan fingerprint density at radius 2 is 2.07 bits per heavy atom. The molecule has 0 amide bonds. The van der Waals surface area contributed by atoms with E-state index in [0.717, 1.165) is 32.1 Å². The van der Waals surface area contributed by atoms with Crippen molar-refractivity contribution >= 4 is 5.78 Å². The molecule has 0 aromatic heterocycles. The summed E-state index contributed by atoms with van der Waals surface area (Å²) in [5.41, 5.74) is 1.62. The average Bonchev–Trinajstić information content (AvgIpc) is 2.81. The molecule has 2 saturated carbocycles. The van der Waals surface area contributed by atoms with E-state index in [4.69, 9.17) is 0 Å². The van der Waals surface area contributed by atoms with Crippen molar-refractivity contribution in [3.8, 4) is 0 Å². The number of aliphatic hydroxyl groups is 3. The molecule has 4 heteroatoms. The van der Waals surface area contributed by atoms with Crippen molar-refractivity contribution in [3.63, 3.8) is 0 Å². The van der Waals surface area contributed by atoms with Crippen LogP contribution < -0.4 is 0 Å². The van der Waals surface area contributed by atoms with Crippen LogP contribution in [0.3, 0.4) is 0 Å². The molecule has 4 aliphatic carbocycles. The van der Waals surface area contributed by atoms with Crippen LogP contribution in [-0.4, -0.2) is 38.9 Å². The Hall–Kier alpha value is -1.23. The van der Waals surface area contributed by atoms with Crippen molar-refractivity contribution in [3.05, 3.63) is 35.5 Å². The molecule has 0 heterocycles. The predicted molar refractivity (Wildman–Crippen MR) is 113 cm³/mol. The summed E-state index contributed by atoms with van der Waals surface area (Å²) in [7, 11) is 0. The first-order valence-electron chi connectivity index (χ1n) is 11.3. The molecule has 0 aromatic carbocycles. The van der Waals surface area contributed by atoms with E-state index >= 15 is 0 Å². The van der Waals surface area contributed by atoms with Crippen molar-refractivity contribution in [1.82, 2.24) is 0 Å². The molecule has 3 N–H and O–H groups in total. The van der Waals surface area contributed by atoms with Crippen LogP contribution in [0.1, 0.15) is 65.7 Å². The van der Waals surface area contributed by atoms with E-state index in [1.807, 2.05) is 13.0 Å². The van der Waals surface area contributed by atoms with Crippen molar-refractivity contribution < 1.29 is 20.1 Å². The molecule has 0 unspecified atom stereocenters. The summed E-state index contributed by atoms with van der Waals surface area (Å²) in [6.45, 7) is 5.86. The van der Waals surface area contributed by atoms with Gasteiger partial charge in [-0.25, -0.2) is 0 Å². The average molecular weight is 401 g/mol. The Bertz CT molecular complexity index is 759. The second-order valence-corrected chi connectivity index (χ2v) is 10.5. The van der Waals surface area contributed by atoms with Crippen LogP contribution >= 0.6 is 0 Å². The molecule has 4 aliphatic rings. The summed E-state index contributed by atoms with van der Waals surface area (Å²) in [6, 6.07) is 0. The summed E-state index contributed by atoms with van der Waals surface area (Å²) in [5, 5.41) is 31.1. The Labute approximate surface area is 174 Å². The topological polar surface area (TPSA) is 77.8 Å². The molecular formula is C25H36O4. The number of fused-ring (bicyclic) bond motifs is 6. The fraction of sp³-hybridized carbons (Fsp3) is 0.720. The molecule has 0 aliphatic heterocycles. The lowest BCUT2D eigenvalue weighted by Crippen LogP contribution is -2.45. The Kier molecular flexibility index (Phi) is 5.42. The minimum Gasteiger partial charge on any atom is -0.393 e. The van der Waals surface area contributed by atoms with Gasteiger partial charge in [-0.1, -0.05) is 36.3 Å². The molecule has 29 heavy (non-hydrogen) atoms. The standard InChI is InChI=1S/C25H36O4/c1-15(26)8-11-25(3,29)23-7-6-21-20-14-22(28)17-12-16(4-5-18(27)13-17)19(20)9-10-24(21,23)2/h4,8,11,14-15,17-19,21,23,26-27,29H,5-7,9-10,12-13H2,1-3H3/b11-8+/t15-,17+,18+,19-,21+,23+,24+,25+/m1/s1. The zero-order valence-electron chi connectivity index (χ0n) is 18.0. The van der Waals surface area contributed by atoms with Gasteiger partial charge in [0.1, 0.15) is 0 Å². The highest BCUT2D eigenvalue weighted by atomic mass is 16.3. The van der Waals surface area contributed by atoms with Crippen LogP contribution in [0.15, 0.2) is 35.5 Å². The second-order valence-electron chi connectivity index (χ2n) is 10.5. The Balaban J connectivity index is 1.67. The third kappa shape index (κ3) is 3.68. The predicted octanol–water partition coefficient (Wildman–Crippen LogP) is 3.71. The first kappa shape index (κ1) is 21.0. The van der Waals surface area contributed by atoms with Gasteiger partial charge in [-0.3, -0.25) is 4.79 Å². The molecule has 0 radical (unpaired) electrons. The second kappa shape index (κ2) is 7.47.